The first-order valence-corrected chi connectivity index (χ1v) is 10.7. The molecular formula is C20H39N3O4. The van der Waals surface area contributed by atoms with E-state index in [4.69, 9.17) is 23.9 Å². The number of piperidine rings is 1. The number of nitrogens with zero attached hydrogens (tertiary/aromatic N) is 2. The molecule has 0 bridgehead atoms. The molecule has 0 radical (unpaired) electrons. The van der Waals surface area contributed by atoms with Crippen LogP contribution in [0.25, 0.3) is 0 Å². The van der Waals surface area contributed by atoms with Crippen LogP contribution in [-0.2, 0) is 18.9 Å². The van der Waals surface area contributed by atoms with Crippen molar-refractivity contribution >= 4 is 5.96 Å². The molecule has 0 aromatic heterocycles. The molecule has 1 unspecified atom stereocenters. The van der Waals surface area contributed by atoms with E-state index in [9.17, 15) is 0 Å². The lowest BCUT2D eigenvalue weighted by molar-refractivity contribution is 0.00984. The van der Waals surface area contributed by atoms with Gasteiger partial charge in [-0.25, -0.2) is 0 Å². The Hall–Kier alpha value is -0.890. The van der Waals surface area contributed by atoms with Crippen molar-refractivity contribution in [3.05, 3.63) is 0 Å². The number of hydrogen-bond acceptors (Lipinski definition) is 5. The smallest absolute Gasteiger partial charge is 0.193 e. The van der Waals surface area contributed by atoms with Crippen molar-refractivity contribution < 1.29 is 18.9 Å². The minimum atomic E-state index is 0.309. The summed E-state index contributed by atoms with van der Waals surface area (Å²) in [5, 5.41) is 3.42. The van der Waals surface area contributed by atoms with Crippen LogP contribution in [0.4, 0.5) is 0 Å². The Bertz CT molecular complexity index is 395. The van der Waals surface area contributed by atoms with E-state index in [0.29, 0.717) is 12.2 Å². The van der Waals surface area contributed by atoms with Crippen molar-refractivity contribution in [1.82, 2.24) is 10.2 Å². The van der Waals surface area contributed by atoms with Gasteiger partial charge in [0, 0.05) is 59.7 Å². The summed E-state index contributed by atoms with van der Waals surface area (Å²) in [6, 6.07) is 0. The number of aliphatic imine (C=N–C) groups is 1. The largest absolute Gasteiger partial charge is 0.385 e. The van der Waals surface area contributed by atoms with Crippen LogP contribution < -0.4 is 5.32 Å². The average Bonchev–Trinajstić information content (AvgIpc) is 3.21. The maximum absolute atomic E-state index is 5.95. The molecule has 1 atom stereocenters. The number of methoxy groups -OCH3 is 1. The maximum atomic E-state index is 5.95. The highest BCUT2D eigenvalue weighted by molar-refractivity contribution is 5.80. The highest BCUT2D eigenvalue weighted by Crippen LogP contribution is 2.14. The summed E-state index contributed by atoms with van der Waals surface area (Å²) >= 11 is 0. The van der Waals surface area contributed by atoms with Gasteiger partial charge in [-0.3, -0.25) is 4.99 Å². The SMILES string of the molecule is CCNC(=NCCCOCC1CCCO1)N1CCC(OCCCOC)CC1. The van der Waals surface area contributed by atoms with Crippen molar-refractivity contribution in [2.45, 2.75) is 57.7 Å². The highest BCUT2D eigenvalue weighted by Gasteiger charge is 2.21. The zero-order valence-corrected chi connectivity index (χ0v) is 17.3. The zero-order chi connectivity index (χ0) is 19.2. The first kappa shape index (κ1) is 22.4. The second kappa shape index (κ2) is 14.2. The van der Waals surface area contributed by atoms with Gasteiger partial charge in [0.05, 0.1) is 18.8 Å². The van der Waals surface area contributed by atoms with Gasteiger partial charge in [0.1, 0.15) is 0 Å². The molecule has 0 aromatic rings. The van der Waals surface area contributed by atoms with Gasteiger partial charge in [-0.1, -0.05) is 0 Å². The molecule has 7 heteroatoms. The molecule has 2 fully saturated rings. The topological polar surface area (TPSA) is 64.6 Å². The lowest BCUT2D eigenvalue weighted by atomic mass is 10.1. The highest BCUT2D eigenvalue weighted by atomic mass is 16.5. The molecule has 7 nitrogen and oxygen atoms in total. The van der Waals surface area contributed by atoms with Crippen LogP contribution in [0.3, 0.4) is 0 Å². The lowest BCUT2D eigenvalue weighted by Crippen LogP contribution is -2.47. The Labute approximate surface area is 164 Å². The number of ether oxygens (including phenoxy) is 4. The molecule has 2 heterocycles. The number of hydrogen-bond donors (Lipinski definition) is 1. The van der Waals surface area contributed by atoms with Gasteiger partial charge >= 0.3 is 0 Å². The van der Waals surface area contributed by atoms with Crippen molar-refractivity contribution in [1.29, 1.82) is 0 Å². The third-order valence-corrected chi connectivity index (χ3v) is 4.96. The maximum Gasteiger partial charge on any atom is 0.193 e. The van der Waals surface area contributed by atoms with E-state index in [1.54, 1.807) is 7.11 Å². The molecule has 0 aromatic carbocycles. The molecule has 2 aliphatic heterocycles. The minimum absolute atomic E-state index is 0.309. The Morgan fingerprint density at radius 1 is 1.15 bits per heavy atom. The molecule has 2 rings (SSSR count). The fourth-order valence-corrected chi connectivity index (χ4v) is 3.46. The van der Waals surface area contributed by atoms with E-state index in [-0.39, 0.29) is 0 Å². The predicted octanol–water partition coefficient (Wildman–Crippen LogP) is 2.06. The standard InChI is InChI=1S/C20H39N3O4/c1-3-21-20(22-10-5-14-25-17-19-7-4-15-27-19)23-11-8-18(9-12-23)26-16-6-13-24-2/h18-19H,3-17H2,1-2H3,(H,21,22). The normalized spacial score (nSPS) is 21.8. The molecule has 0 aliphatic carbocycles. The Kier molecular flexibility index (Phi) is 11.7. The Morgan fingerprint density at radius 3 is 2.70 bits per heavy atom. The third kappa shape index (κ3) is 9.23. The van der Waals surface area contributed by atoms with Gasteiger partial charge in [0.25, 0.3) is 0 Å². The molecule has 27 heavy (non-hydrogen) atoms. The van der Waals surface area contributed by atoms with Crippen LogP contribution >= 0.6 is 0 Å². The molecule has 0 saturated carbocycles. The van der Waals surface area contributed by atoms with Gasteiger partial charge in [-0.2, -0.15) is 0 Å². The van der Waals surface area contributed by atoms with Crippen LogP contribution in [-0.4, -0.2) is 89.4 Å². The quantitative estimate of drug-likeness (QED) is 0.315. The van der Waals surface area contributed by atoms with E-state index in [1.165, 1.54) is 6.42 Å². The average molecular weight is 386 g/mol. The van der Waals surface area contributed by atoms with Crippen molar-refractivity contribution in [3.8, 4) is 0 Å². The van der Waals surface area contributed by atoms with E-state index >= 15 is 0 Å². The number of guanidine groups is 1. The first-order chi connectivity index (χ1) is 13.3. The summed E-state index contributed by atoms with van der Waals surface area (Å²) in [6.45, 7) is 9.72. The summed E-state index contributed by atoms with van der Waals surface area (Å²) in [4.78, 5) is 7.13. The molecular weight excluding hydrogens is 346 g/mol. The summed E-state index contributed by atoms with van der Waals surface area (Å²) < 4.78 is 22.3. The summed E-state index contributed by atoms with van der Waals surface area (Å²) in [7, 11) is 1.73. The fraction of sp³-hybridized carbons (Fsp3) is 0.950. The minimum Gasteiger partial charge on any atom is -0.385 e. The summed E-state index contributed by atoms with van der Waals surface area (Å²) in [5.41, 5.74) is 0. The zero-order valence-electron chi connectivity index (χ0n) is 17.3. The van der Waals surface area contributed by atoms with Crippen molar-refractivity contribution in [2.24, 2.45) is 4.99 Å². The van der Waals surface area contributed by atoms with Crippen LogP contribution in [0.2, 0.25) is 0 Å². The molecule has 2 aliphatic rings. The van der Waals surface area contributed by atoms with Crippen molar-refractivity contribution in [3.63, 3.8) is 0 Å². The van der Waals surface area contributed by atoms with Gasteiger partial charge in [0.2, 0.25) is 0 Å². The number of likely N-dealkylation sites (tertiary alicyclic amines) is 1. The lowest BCUT2D eigenvalue weighted by Gasteiger charge is -2.34. The molecule has 0 spiro atoms. The second-order valence-corrected chi connectivity index (χ2v) is 7.20. The Morgan fingerprint density at radius 2 is 2.00 bits per heavy atom. The summed E-state index contributed by atoms with van der Waals surface area (Å²) in [6.07, 6.45) is 7.00. The first-order valence-electron chi connectivity index (χ1n) is 10.7. The molecule has 0 amide bonds. The van der Waals surface area contributed by atoms with E-state index in [0.717, 1.165) is 97.3 Å². The number of nitrogens with one attached hydrogen (secondary N) is 1. The van der Waals surface area contributed by atoms with Crippen LogP contribution in [0.5, 0.6) is 0 Å². The van der Waals surface area contributed by atoms with Gasteiger partial charge in [-0.15, -0.1) is 0 Å². The van der Waals surface area contributed by atoms with E-state index in [2.05, 4.69) is 17.1 Å². The van der Waals surface area contributed by atoms with Gasteiger partial charge in [0.15, 0.2) is 5.96 Å². The van der Waals surface area contributed by atoms with E-state index in [1.807, 2.05) is 0 Å². The summed E-state index contributed by atoms with van der Waals surface area (Å²) in [5.74, 6) is 1.02. The van der Waals surface area contributed by atoms with Crippen LogP contribution in [0, 0.1) is 0 Å². The third-order valence-electron chi connectivity index (χ3n) is 4.96. The molecule has 158 valence electrons. The number of rotatable bonds is 12. The molecule has 1 N–H and O–H groups in total. The van der Waals surface area contributed by atoms with Crippen molar-refractivity contribution in [2.75, 3.05) is 66.3 Å². The van der Waals surface area contributed by atoms with Crippen LogP contribution in [0.15, 0.2) is 4.99 Å². The molecule has 2 saturated heterocycles. The van der Waals surface area contributed by atoms with Crippen LogP contribution in [0.1, 0.15) is 45.4 Å². The fourth-order valence-electron chi connectivity index (χ4n) is 3.46. The predicted molar refractivity (Wildman–Crippen MR) is 107 cm³/mol. The second-order valence-electron chi connectivity index (χ2n) is 7.20. The van der Waals surface area contributed by atoms with Gasteiger partial charge in [-0.05, 0) is 45.4 Å². The van der Waals surface area contributed by atoms with Gasteiger partial charge < -0.3 is 29.2 Å². The Balaban J connectivity index is 1.59. The monoisotopic (exact) mass is 385 g/mol. The van der Waals surface area contributed by atoms with E-state index < -0.39 is 0 Å².